The van der Waals surface area contributed by atoms with Crippen LogP contribution in [0.2, 0.25) is 0 Å². The average Bonchev–Trinajstić information content (AvgIpc) is 3.23. The second-order valence-corrected chi connectivity index (χ2v) is 10.0. The molecular weight excluding hydrogens is 455 g/mol. The van der Waals surface area contributed by atoms with Crippen LogP contribution in [0, 0.1) is 11.7 Å². The number of hydrogen-bond donors (Lipinski definition) is 1. The quantitative estimate of drug-likeness (QED) is 0.475. The summed E-state index contributed by atoms with van der Waals surface area (Å²) in [5.41, 5.74) is 4.58. The summed E-state index contributed by atoms with van der Waals surface area (Å²) >= 11 is 0. The monoisotopic (exact) mass is 488 g/mol. The minimum absolute atomic E-state index is 0.0338. The van der Waals surface area contributed by atoms with Crippen LogP contribution in [-0.2, 0) is 19.9 Å². The number of nitrogens with zero attached hydrogens (tertiary/aromatic N) is 3. The molecule has 0 bridgehead atoms. The largest absolute Gasteiger partial charge is 0.305 e. The molecule has 7 heteroatoms. The van der Waals surface area contributed by atoms with Gasteiger partial charge in [-0.3, -0.25) is 19.2 Å². The molecule has 1 amide bonds. The van der Waals surface area contributed by atoms with Crippen LogP contribution in [0.1, 0.15) is 76.2 Å². The SMILES string of the molecule is CC(c1ccccc1C(=O)Nc1nn(C)c2c1CCCC2)N1CCC(C(=O)c2ccc(F)cc2)CC1. The zero-order valence-electron chi connectivity index (χ0n) is 21.0. The van der Waals surface area contributed by atoms with Crippen molar-refractivity contribution in [3.63, 3.8) is 0 Å². The van der Waals surface area contributed by atoms with Crippen molar-refractivity contribution in [1.29, 1.82) is 0 Å². The highest BCUT2D eigenvalue weighted by Crippen LogP contribution is 2.31. The summed E-state index contributed by atoms with van der Waals surface area (Å²) in [6.07, 6.45) is 5.72. The lowest BCUT2D eigenvalue weighted by molar-refractivity contribution is 0.0801. The van der Waals surface area contributed by atoms with Crippen molar-refractivity contribution in [3.8, 4) is 0 Å². The number of aromatic nitrogens is 2. The Hall–Kier alpha value is -3.32. The molecule has 0 saturated carbocycles. The van der Waals surface area contributed by atoms with E-state index in [2.05, 4.69) is 22.2 Å². The van der Waals surface area contributed by atoms with Crippen molar-refractivity contribution < 1.29 is 14.0 Å². The Balaban J connectivity index is 1.27. The maximum atomic E-state index is 13.4. The van der Waals surface area contributed by atoms with Gasteiger partial charge in [-0.05, 0) is 94.4 Å². The molecule has 6 nitrogen and oxygen atoms in total. The van der Waals surface area contributed by atoms with Gasteiger partial charge < -0.3 is 5.32 Å². The van der Waals surface area contributed by atoms with Gasteiger partial charge in [-0.1, -0.05) is 18.2 Å². The molecule has 188 valence electrons. The highest BCUT2D eigenvalue weighted by atomic mass is 19.1. The normalized spacial score (nSPS) is 17.4. The predicted molar refractivity (Wildman–Crippen MR) is 138 cm³/mol. The van der Waals surface area contributed by atoms with E-state index >= 15 is 0 Å². The van der Waals surface area contributed by atoms with Crippen molar-refractivity contribution in [3.05, 3.63) is 82.3 Å². The van der Waals surface area contributed by atoms with E-state index in [-0.39, 0.29) is 29.5 Å². The number of Topliss-reactive ketones (excluding diaryl/α,β-unsaturated/α-hetero) is 1. The number of carbonyl (C=O) groups excluding carboxylic acids is 2. The number of piperidine rings is 1. The van der Waals surface area contributed by atoms with Crippen LogP contribution in [0.4, 0.5) is 10.2 Å². The predicted octanol–water partition coefficient (Wildman–Crippen LogP) is 5.35. The van der Waals surface area contributed by atoms with Crippen molar-refractivity contribution in [2.75, 3.05) is 18.4 Å². The number of ketones is 1. The molecule has 1 saturated heterocycles. The molecule has 5 rings (SSSR count). The molecule has 0 radical (unpaired) electrons. The summed E-state index contributed by atoms with van der Waals surface area (Å²) in [5.74, 6) is 0.236. The van der Waals surface area contributed by atoms with Crippen LogP contribution in [-0.4, -0.2) is 39.5 Å². The summed E-state index contributed by atoms with van der Waals surface area (Å²) in [7, 11) is 1.94. The molecular formula is C29H33FN4O2. The van der Waals surface area contributed by atoms with E-state index in [1.165, 1.54) is 17.8 Å². The number of nitrogens with one attached hydrogen (secondary N) is 1. The molecule has 1 fully saturated rings. The first-order valence-corrected chi connectivity index (χ1v) is 12.9. The number of anilines is 1. The second-order valence-electron chi connectivity index (χ2n) is 10.0. The standard InChI is InChI=1S/C29H33FN4O2/c1-19(34-17-15-21(16-18-34)27(35)20-11-13-22(30)14-12-20)23-7-3-4-8-24(23)29(36)31-28-25-9-5-6-10-26(25)33(2)32-28/h3-4,7-8,11-14,19,21H,5-6,9-10,15-18H2,1-2H3,(H,31,32,36). The number of carbonyl (C=O) groups is 2. The zero-order valence-corrected chi connectivity index (χ0v) is 21.0. The summed E-state index contributed by atoms with van der Waals surface area (Å²) in [4.78, 5) is 28.6. The summed E-state index contributed by atoms with van der Waals surface area (Å²) in [6, 6.07) is 13.6. The van der Waals surface area contributed by atoms with Gasteiger partial charge in [0.2, 0.25) is 0 Å². The first kappa shape index (κ1) is 24.4. The molecule has 1 aromatic heterocycles. The topological polar surface area (TPSA) is 67.2 Å². The number of likely N-dealkylation sites (tertiary alicyclic amines) is 1. The van der Waals surface area contributed by atoms with Crippen LogP contribution in [0.25, 0.3) is 0 Å². The van der Waals surface area contributed by atoms with Gasteiger partial charge in [-0.15, -0.1) is 0 Å². The maximum absolute atomic E-state index is 13.4. The zero-order chi connectivity index (χ0) is 25.2. The van der Waals surface area contributed by atoms with Crippen molar-refractivity contribution >= 4 is 17.5 Å². The van der Waals surface area contributed by atoms with Gasteiger partial charge in [0.25, 0.3) is 5.91 Å². The smallest absolute Gasteiger partial charge is 0.257 e. The second kappa shape index (κ2) is 10.3. The Labute approximate surface area is 211 Å². The Morgan fingerprint density at radius 1 is 1.03 bits per heavy atom. The molecule has 1 N–H and O–H groups in total. The van der Waals surface area contributed by atoms with E-state index in [1.807, 2.05) is 36.0 Å². The molecule has 1 unspecified atom stereocenters. The Bertz CT molecular complexity index is 1260. The van der Waals surface area contributed by atoms with Gasteiger partial charge in [0, 0.05) is 41.4 Å². The Kier molecular flexibility index (Phi) is 7.01. The molecule has 3 aromatic rings. The summed E-state index contributed by atoms with van der Waals surface area (Å²) < 4.78 is 15.1. The number of aryl methyl sites for hydroxylation is 1. The number of halogens is 1. The van der Waals surface area contributed by atoms with Crippen molar-refractivity contribution in [1.82, 2.24) is 14.7 Å². The van der Waals surface area contributed by atoms with E-state index in [1.54, 1.807) is 12.1 Å². The summed E-state index contributed by atoms with van der Waals surface area (Å²) in [6.45, 7) is 3.65. The van der Waals surface area contributed by atoms with Crippen LogP contribution in [0.5, 0.6) is 0 Å². The van der Waals surface area contributed by atoms with E-state index in [4.69, 9.17) is 0 Å². The molecule has 1 atom stereocenters. The lowest BCUT2D eigenvalue weighted by atomic mass is 9.87. The summed E-state index contributed by atoms with van der Waals surface area (Å²) in [5, 5.41) is 7.69. The van der Waals surface area contributed by atoms with E-state index in [0.29, 0.717) is 16.9 Å². The van der Waals surface area contributed by atoms with Crippen LogP contribution >= 0.6 is 0 Å². The fourth-order valence-electron chi connectivity index (χ4n) is 5.71. The molecule has 2 heterocycles. The van der Waals surface area contributed by atoms with Gasteiger partial charge in [0.15, 0.2) is 11.6 Å². The minimum atomic E-state index is -0.333. The van der Waals surface area contributed by atoms with E-state index in [0.717, 1.165) is 62.7 Å². The molecule has 0 spiro atoms. The third-order valence-electron chi connectivity index (χ3n) is 7.83. The first-order chi connectivity index (χ1) is 17.4. The molecule has 36 heavy (non-hydrogen) atoms. The number of benzene rings is 2. The fourth-order valence-corrected chi connectivity index (χ4v) is 5.71. The minimum Gasteiger partial charge on any atom is -0.305 e. The fraction of sp³-hybridized carbons (Fsp3) is 0.414. The maximum Gasteiger partial charge on any atom is 0.257 e. The average molecular weight is 489 g/mol. The van der Waals surface area contributed by atoms with Gasteiger partial charge >= 0.3 is 0 Å². The van der Waals surface area contributed by atoms with Gasteiger partial charge in [-0.25, -0.2) is 4.39 Å². The first-order valence-electron chi connectivity index (χ1n) is 12.9. The van der Waals surface area contributed by atoms with Crippen LogP contribution in [0.3, 0.4) is 0 Å². The van der Waals surface area contributed by atoms with Crippen LogP contribution < -0.4 is 5.32 Å². The molecule has 2 aromatic carbocycles. The van der Waals surface area contributed by atoms with Gasteiger partial charge in [0.1, 0.15) is 5.82 Å². The van der Waals surface area contributed by atoms with Gasteiger partial charge in [0.05, 0.1) is 0 Å². The van der Waals surface area contributed by atoms with Crippen molar-refractivity contribution in [2.24, 2.45) is 13.0 Å². The number of hydrogen-bond acceptors (Lipinski definition) is 4. The van der Waals surface area contributed by atoms with Crippen molar-refractivity contribution in [2.45, 2.75) is 51.5 Å². The lowest BCUT2D eigenvalue weighted by Gasteiger charge is -2.36. The number of amides is 1. The Morgan fingerprint density at radius 2 is 1.72 bits per heavy atom. The number of fused-ring (bicyclic) bond motifs is 1. The third-order valence-corrected chi connectivity index (χ3v) is 7.83. The highest BCUT2D eigenvalue weighted by Gasteiger charge is 2.30. The van der Waals surface area contributed by atoms with Crippen LogP contribution in [0.15, 0.2) is 48.5 Å². The van der Waals surface area contributed by atoms with E-state index < -0.39 is 0 Å². The van der Waals surface area contributed by atoms with E-state index in [9.17, 15) is 14.0 Å². The molecule has 2 aliphatic rings. The Morgan fingerprint density at radius 3 is 2.47 bits per heavy atom. The third kappa shape index (κ3) is 4.85. The molecule has 1 aliphatic heterocycles. The number of rotatable bonds is 6. The lowest BCUT2D eigenvalue weighted by Crippen LogP contribution is -2.38. The van der Waals surface area contributed by atoms with Gasteiger partial charge in [-0.2, -0.15) is 5.10 Å². The highest BCUT2D eigenvalue weighted by molar-refractivity contribution is 6.05. The molecule has 1 aliphatic carbocycles.